The highest BCUT2D eigenvalue weighted by Gasteiger charge is 2.06. The molecule has 0 heterocycles. The standard InChI is InChI=1S/C6H3Cl2NO2.CH2O2/c7-5-2-1-4(9(10)11)3-6(5)8;2-1-3/h1-3H;1H,(H,2,3). The molecule has 0 aliphatic rings. The van der Waals surface area contributed by atoms with Crippen molar-refractivity contribution in [3.05, 3.63) is 38.4 Å². The average Bonchev–Trinajstić information content (AvgIpc) is 2.10. The summed E-state index contributed by atoms with van der Waals surface area (Å²) in [6.45, 7) is -0.250. The molecule has 0 saturated carbocycles. The van der Waals surface area contributed by atoms with E-state index in [1.54, 1.807) is 0 Å². The number of nitro benzene ring substituents is 1. The fourth-order valence-electron chi connectivity index (χ4n) is 0.599. The second-order valence-electron chi connectivity index (χ2n) is 1.96. The molecule has 0 aromatic heterocycles. The molecule has 1 rings (SSSR count). The molecule has 5 nitrogen and oxygen atoms in total. The van der Waals surface area contributed by atoms with Crippen molar-refractivity contribution < 1.29 is 14.8 Å². The van der Waals surface area contributed by atoms with Gasteiger partial charge in [-0.05, 0) is 6.07 Å². The number of non-ortho nitro benzene ring substituents is 1. The van der Waals surface area contributed by atoms with Crippen LogP contribution in [-0.4, -0.2) is 16.5 Å². The van der Waals surface area contributed by atoms with Gasteiger partial charge in [0.2, 0.25) is 0 Å². The summed E-state index contributed by atoms with van der Waals surface area (Å²) in [4.78, 5) is 18.0. The van der Waals surface area contributed by atoms with Crippen molar-refractivity contribution >= 4 is 35.4 Å². The first-order chi connectivity index (χ1) is 6.52. The van der Waals surface area contributed by atoms with Crippen LogP contribution in [0.1, 0.15) is 0 Å². The first kappa shape index (κ1) is 12.7. The Balaban J connectivity index is 0.000000500. The van der Waals surface area contributed by atoms with Crippen LogP contribution in [0.4, 0.5) is 5.69 Å². The van der Waals surface area contributed by atoms with Crippen molar-refractivity contribution in [2.24, 2.45) is 0 Å². The summed E-state index contributed by atoms with van der Waals surface area (Å²) in [7, 11) is 0. The van der Waals surface area contributed by atoms with Crippen molar-refractivity contribution in [1.82, 2.24) is 0 Å². The minimum absolute atomic E-state index is 0.0561. The lowest BCUT2D eigenvalue weighted by molar-refractivity contribution is -0.384. The maximum atomic E-state index is 10.2. The number of rotatable bonds is 1. The van der Waals surface area contributed by atoms with Gasteiger partial charge in [0.25, 0.3) is 12.2 Å². The van der Waals surface area contributed by atoms with Gasteiger partial charge >= 0.3 is 0 Å². The molecular formula is C7H5Cl2NO4. The molecule has 14 heavy (non-hydrogen) atoms. The Labute approximate surface area is 89.0 Å². The second kappa shape index (κ2) is 6.17. The number of halogens is 2. The van der Waals surface area contributed by atoms with Gasteiger partial charge < -0.3 is 5.11 Å². The molecule has 0 spiro atoms. The van der Waals surface area contributed by atoms with Gasteiger partial charge in [-0.15, -0.1) is 0 Å². The summed E-state index contributed by atoms with van der Waals surface area (Å²) in [6.07, 6.45) is 0. The Morgan fingerprint density at radius 1 is 1.36 bits per heavy atom. The van der Waals surface area contributed by atoms with Crippen LogP contribution in [0.2, 0.25) is 10.0 Å². The van der Waals surface area contributed by atoms with Gasteiger partial charge in [0.15, 0.2) is 0 Å². The molecule has 1 aromatic carbocycles. The van der Waals surface area contributed by atoms with Gasteiger partial charge in [-0.25, -0.2) is 0 Å². The molecule has 0 bridgehead atoms. The summed E-state index contributed by atoms with van der Waals surface area (Å²) < 4.78 is 0. The van der Waals surface area contributed by atoms with E-state index in [9.17, 15) is 10.1 Å². The summed E-state index contributed by atoms with van der Waals surface area (Å²) in [5.74, 6) is 0. The van der Waals surface area contributed by atoms with Crippen LogP contribution in [0, 0.1) is 10.1 Å². The molecule has 0 atom stereocenters. The molecule has 0 aliphatic carbocycles. The summed E-state index contributed by atoms with van der Waals surface area (Å²) in [5.41, 5.74) is -0.0561. The zero-order chi connectivity index (χ0) is 11.1. The monoisotopic (exact) mass is 237 g/mol. The van der Waals surface area contributed by atoms with Gasteiger partial charge in [-0.1, -0.05) is 23.2 Å². The predicted molar refractivity (Wildman–Crippen MR) is 51.8 cm³/mol. The smallest absolute Gasteiger partial charge is 0.290 e. The molecular weight excluding hydrogens is 233 g/mol. The molecule has 0 amide bonds. The maximum Gasteiger partial charge on any atom is 0.290 e. The third-order valence-electron chi connectivity index (χ3n) is 1.11. The lowest BCUT2D eigenvalue weighted by atomic mass is 10.3. The largest absolute Gasteiger partial charge is 0.483 e. The van der Waals surface area contributed by atoms with Crippen molar-refractivity contribution in [2.45, 2.75) is 0 Å². The lowest BCUT2D eigenvalue weighted by Crippen LogP contribution is -1.86. The van der Waals surface area contributed by atoms with E-state index in [2.05, 4.69) is 0 Å². The minimum Gasteiger partial charge on any atom is -0.483 e. The molecule has 1 N–H and O–H groups in total. The van der Waals surface area contributed by atoms with E-state index in [0.717, 1.165) is 0 Å². The number of nitro groups is 1. The Hall–Kier alpha value is -1.33. The predicted octanol–water partition coefficient (Wildman–Crippen LogP) is 2.60. The van der Waals surface area contributed by atoms with E-state index in [-0.39, 0.29) is 17.2 Å². The van der Waals surface area contributed by atoms with E-state index >= 15 is 0 Å². The zero-order valence-corrected chi connectivity index (χ0v) is 8.20. The van der Waals surface area contributed by atoms with Crippen LogP contribution in [0.5, 0.6) is 0 Å². The molecule has 0 aliphatic heterocycles. The number of carboxylic acid groups (broad SMARTS) is 1. The van der Waals surface area contributed by atoms with E-state index in [4.69, 9.17) is 33.1 Å². The molecule has 76 valence electrons. The van der Waals surface area contributed by atoms with Crippen LogP contribution in [0.3, 0.4) is 0 Å². The van der Waals surface area contributed by atoms with Gasteiger partial charge in [-0.3, -0.25) is 14.9 Å². The molecule has 7 heteroatoms. The summed E-state index contributed by atoms with van der Waals surface area (Å²) in [6, 6.07) is 3.90. The van der Waals surface area contributed by atoms with Crippen LogP contribution < -0.4 is 0 Å². The van der Waals surface area contributed by atoms with E-state index in [0.29, 0.717) is 5.02 Å². The second-order valence-corrected chi connectivity index (χ2v) is 2.78. The molecule has 0 fully saturated rings. The van der Waals surface area contributed by atoms with E-state index in [1.807, 2.05) is 0 Å². The fourth-order valence-corrected chi connectivity index (χ4v) is 0.891. The van der Waals surface area contributed by atoms with E-state index in [1.165, 1.54) is 18.2 Å². The number of hydrogen-bond acceptors (Lipinski definition) is 3. The van der Waals surface area contributed by atoms with Crippen molar-refractivity contribution in [2.75, 3.05) is 0 Å². The van der Waals surface area contributed by atoms with Gasteiger partial charge in [0.05, 0.1) is 15.0 Å². The first-order valence-corrected chi connectivity index (χ1v) is 3.95. The molecule has 0 radical (unpaired) electrons. The van der Waals surface area contributed by atoms with Crippen molar-refractivity contribution in [3.8, 4) is 0 Å². The van der Waals surface area contributed by atoms with Crippen molar-refractivity contribution in [3.63, 3.8) is 0 Å². The van der Waals surface area contributed by atoms with Crippen LogP contribution in [0.15, 0.2) is 18.2 Å². The Morgan fingerprint density at radius 2 is 1.86 bits per heavy atom. The summed E-state index contributed by atoms with van der Waals surface area (Å²) in [5, 5.41) is 17.6. The van der Waals surface area contributed by atoms with Gasteiger partial charge in [0.1, 0.15) is 0 Å². The Kier molecular flexibility index (Phi) is 5.59. The quantitative estimate of drug-likeness (QED) is 0.463. The van der Waals surface area contributed by atoms with E-state index < -0.39 is 4.92 Å². The third kappa shape index (κ3) is 4.06. The van der Waals surface area contributed by atoms with Gasteiger partial charge in [-0.2, -0.15) is 0 Å². The highest BCUT2D eigenvalue weighted by Crippen LogP contribution is 2.25. The Bertz CT molecular complexity index is 342. The topological polar surface area (TPSA) is 80.4 Å². The number of carbonyl (C=O) groups is 1. The number of hydrogen-bond donors (Lipinski definition) is 1. The van der Waals surface area contributed by atoms with Crippen LogP contribution >= 0.6 is 23.2 Å². The Morgan fingerprint density at radius 3 is 2.21 bits per heavy atom. The SMILES string of the molecule is O=CO.O=[N+]([O-])c1ccc(Cl)c(Cl)c1. The third-order valence-corrected chi connectivity index (χ3v) is 1.85. The summed E-state index contributed by atoms with van der Waals surface area (Å²) >= 11 is 11.1. The molecule has 1 aromatic rings. The highest BCUT2D eigenvalue weighted by atomic mass is 35.5. The van der Waals surface area contributed by atoms with Crippen molar-refractivity contribution in [1.29, 1.82) is 0 Å². The van der Waals surface area contributed by atoms with Crippen LogP contribution in [-0.2, 0) is 4.79 Å². The average molecular weight is 238 g/mol. The van der Waals surface area contributed by atoms with Gasteiger partial charge in [0, 0.05) is 12.1 Å². The maximum absolute atomic E-state index is 10.2. The molecule has 0 unspecified atom stereocenters. The first-order valence-electron chi connectivity index (χ1n) is 3.20. The molecule has 0 saturated heterocycles. The lowest BCUT2D eigenvalue weighted by Gasteiger charge is -1.93. The zero-order valence-electron chi connectivity index (χ0n) is 6.68. The van der Waals surface area contributed by atoms with Crippen LogP contribution in [0.25, 0.3) is 0 Å². The normalized spacial score (nSPS) is 8.43. The fraction of sp³-hybridized carbons (Fsp3) is 0. The number of benzene rings is 1. The minimum atomic E-state index is -0.526. The number of nitrogens with zero attached hydrogens (tertiary/aromatic N) is 1. The highest BCUT2D eigenvalue weighted by molar-refractivity contribution is 6.42.